The summed E-state index contributed by atoms with van der Waals surface area (Å²) < 4.78 is 5.67. The van der Waals surface area contributed by atoms with E-state index in [4.69, 9.17) is 4.74 Å². The van der Waals surface area contributed by atoms with E-state index in [1.165, 1.54) is 25.7 Å². The lowest BCUT2D eigenvalue weighted by Crippen LogP contribution is -2.62. The molecule has 4 saturated carbocycles. The summed E-state index contributed by atoms with van der Waals surface area (Å²) in [7, 11) is 0. The zero-order valence-corrected chi connectivity index (χ0v) is 23.8. The van der Waals surface area contributed by atoms with E-state index in [0.29, 0.717) is 74.0 Å². The Bertz CT molecular complexity index is 813. The Morgan fingerprint density at radius 1 is 0.919 bits per heavy atom. The number of fused-ring (bicyclic) bond motifs is 5. The standard InChI is InChI=1S/C31H53NO5/c1-5-22-26-18-21(34)8-13-31(26,4)25-9-14-30(3)23(6-7-24(30)27(25)28(22)35)19(2)12-17-37-29(36)32-15-10-20(33)11-16-32/h19-28,33-35H,5-18H2,1-4H3/t19-,21-,22-,23?,24+,25+,26+,27+,28-,30-,31-/m1/s1. The fraction of sp³-hybridized carbons (Fsp3) is 0.968. The summed E-state index contributed by atoms with van der Waals surface area (Å²) in [6, 6.07) is 0. The van der Waals surface area contributed by atoms with E-state index in [9.17, 15) is 20.1 Å². The van der Waals surface area contributed by atoms with Crippen LogP contribution >= 0.6 is 0 Å². The molecule has 1 saturated heterocycles. The lowest BCUT2D eigenvalue weighted by atomic mass is 9.41. The third-order valence-corrected chi connectivity index (χ3v) is 12.7. The molecule has 6 heteroatoms. The number of likely N-dealkylation sites (tertiary alicyclic amines) is 1. The van der Waals surface area contributed by atoms with Crippen LogP contribution < -0.4 is 0 Å². The summed E-state index contributed by atoms with van der Waals surface area (Å²) in [4.78, 5) is 14.2. The predicted octanol–water partition coefficient (Wildman–Crippen LogP) is 5.23. The first-order chi connectivity index (χ1) is 17.6. The molecule has 11 atom stereocenters. The summed E-state index contributed by atoms with van der Waals surface area (Å²) in [5.41, 5.74) is 0.484. The van der Waals surface area contributed by atoms with Crippen LogP contribution in [-0.4, -0.2) is 64.3 Å². The molecule has 212 valence electrons. The highest BCUT2D eigenvalue weighted by Crippen LogP contribution is 2.69. The van der Waals surface area contributed by atoms with Gasteiger partial charge in [0.2, 0.25) is 0 Å². The summed E-state index contributed by atoms with van der Waals surface area (Å²) in [5.74, 6) is 3.34. The third kappa shape index (κ3) is 4.75. The van der Waals surface area contributed by atoms with Crippen molar-refractivity contribution in [1.82, 2.24) is 4.90 Å². The van der Waals surface area contributed by atoms with Crippen LogP contribution in [-0.2, 0) is 4.74 Å². The Morgan fingerprint density at radius 2 is 1.59 bits per heavy atom. The molecule has 1 aliphatic heterocycles. The van der Waals surface area contributed by atoms with Gasteiger partial charge in [0.15, 0.2) is 0 Å². The van der Waals surface area contributed by atoms with Crippen LogP contribution in [0.5, 0.6) is 0 Å². The highest BCUT2D eigenvalue weighted by molar-refractivity contribution is 5.67. The van der Waals surface area contributed by atoms with Crippen LogP contribution in [0.2, 0.25) is 0 Å². The minimum Gasteiger partial charge on any atom is -0.449 e. The Balaban J connectivity index is 1.24. The maximum atomic E-state index is 12.5. The van der Waals surface area contributed by atoms with Crippen molar-refractivity contribution < 1.29 is 24.9 Å². The molecule has 37 heavy (non-hydrogen) atoms. The molecule has 5 fully saturated rings. The Morgan fingerprint density at radius 3 is 2.30 bits per heavy atom. The van der Waals surface area contributed by atoms with Crippen molar-refractivity contribution in [2.24, 2.45) is 52.3 Å². The topological polar surface area (TPSA) is 90.2 Å². The van der Waals surface area contributed by atoms with Gasteiger partial charge in [0.25, 0.3) is 0 Å². The summed E-state index contributed by atoms with van der Waals surface area (Å²) in [6.07, 6.45) is 9.96. The Kier molecular flexibility index (Phi) is 7.95. The number of aliphatic hydroxyl groups is 3. The number of carbonyl (C=O) groups is 1. The van der Waals surface area contributed by atoms with Gasteiger partial charge in [0.05, 0.1) is 24.9 Å². The highest BCUT2D eigenvalue weighted by atomic mass is 16.6. The number of ether oxygens (including phenoxy) is 1. The average molecular weight is 520 g/mol. The number of aliphatic hydroxyl groups excluding tert-OH is 3. The molecule has 1 amide bonds. The maximum Gasteiger partial charge on any atom is 0.409 e. The van der Waals surface area contributed by atoms with Gasteiger partial charge in [0.1, 0.15) is 0 Å². The maximum absolute atomic E-state index is 12.5. The zero-order valence-electron chi connectivity index (χ0n) is 23.8. The van der Waals surface area contributed by atoms with Crippen molar-refractivity contribution in [3.8, 4) is 0 Å². The van der Waals surface area contributed by atoms with Crippen LogP contribution in [0.4, 0.5) is 4.79 Å². The number of hydrogen-bond donors (Lipinski definition) is 3. The number of nitrogens with zero attached hydrogens (tertiary/aromatic N) is 1. The molecule has 4 aliphatic carbocycles. The second-order valence-corrected chi connectivity index (χ2v) is 14.2. The molecular formula is C31H53NO5. The van der Waals surface area contributed by atoms with Crippen molar-refractivity contribution in [1.29, 1.82) is 0 Å². The van der Waals surface area contributed by atoms with Crippen molar-refractivity contribution in [3.05, 3.63) is 0 Å². The fourth-order valence-corrected chi connectivity index (χ4v) is 10.6. The fourth-order valence-electron chi connectivity index (χ4n) is 10.6. The van der Waals surface area contributed by atoms with Gasteiger partial charge in [-0.1, -0.05) is 34.1 Å². The van der Waals surface area contributed by atoms with E-state index in [1.54, 1.807) is 4.90 Å². The first-order valence-corrected chi connectivity index (χ1v) is 15.6. The first-order valence-electron chi connectivity index (χ1n) is 15.6. The molecular weight excluding hydrogens is 466 g/mol. The Labute approximate surface area is 224 Å². The summed E-state index contributed by atoms with van der Waals surface area (Å²) in [5, 5.41) is 32.1. The van der Waals surface area contributed by atoms with Gasteiger partial charge in [-0.25, -0.2) is 4.79 Å². The van der Waals surface area contributed by atoms with Crippen LogP contribution in [0.3, 0.4) is 0 Å². The molecule has 0 bridgehead atoms. The van der Waals surface area contributed by atoms with E-state index in [0.717, 1.165) is 32.1 Å². The predicted molar refractivity (Wildman–Crippen MR) is 144 cm³/mol. The van der Waals surface area contributed by atoms with E-state index in [2.05, 4.69) is 27.7 Å². The highest BCUT2D eigenvalue weighted by Gasteiger charge is 2.64. The van der Waals surface area contributed by atoms with Gasteiger partial charge < -0.3 is 25.0 Å². The molecule has 5 rings (SSSR count). The van der Waals surface area contributed by atoms with E-state index in [-0.39, 0.29) is 35.2 Å². The first kappa shape index (κ1) is 27.7. The second kappa shape index (κ2) is 10.6. The smallest absolute Gasteiger partial charge is 0.409 e. The molecule has 1 unspecified atom stereocenters. The SMILES string of the molecule is CC[C@H]1[C@@H](O)[C@@H]2[C@H](CC[C@]3(C)C([C@H](C)CCOC(=O)N4CCC(O)CC4)CC[C@@H]23)[C@@]2(C)CC[C@@H](O)C[C@@H]12. The monoisotopic (exact) mass is 519 g/mol. The lowest BCUT2D eigenvalue weighted by molar-refractivity contribution is -0.203. The van der Waals surface area contributed by atoms with Gasteiger partial charge >= 0.3 is 6.09 Å². The Hall–Kier alpha value is -0.850. The number of piperidine rings is 1. The summed E-state index contributed by atoms with van der Waals surface area (Å²) in [6.45, 7) is 11.2. The van der Waals surface area contributed by atoms with Crippen molar-refractivity contribution >= 4 is 6.09 Å². The molecule has 3 N–H and O–H groups in total. The molecule has 0 aromatic rings. The average Bonchev–Trinajstić information content (AvgIpc) is 3.23. The molecule has 0 aromatic carbocycles. The van der Waals surface area contributed by atoms with Crippen LogP contribution in [0.25, 0.3) is 0 Å². The molecule has 1 heterocycles. The number of hydrogen-bond acceptors (Lipinski definition) is 5. The minimum absolute atomic E-state index is 0.197. The summed E-state index contributed by atoms with van der Waals surface area (Å²) >= 11 is 0. The number of carbonyl (C=O) groups excluding carboxylic acids is 1. The van der Waals surface area contributed by atoms with Gasteiger partial charge in [-0.3, -0.25) is 0 Å². The lowest BCUT2D eigenvalue weighted by Gasteiger charge is -2.64. The van der Waals surface area contributed by atoms with Crippen molar-refractivity contribution in [2.75, 3.05) is 19.7 Å². The number of rotatable bonds is 5. The quantitative estimate of drug-likeness (QED) is 0.463. The van der Waals surface area contributed by atoms with E-state index in [1.807, 2.05) is 0 Å². The largest absolute Gasteiger partial charge is 0.449 e. The van der Waals surface area contributed by atoms with Crippen molar-refractivity contribution in [3.63, 3.8) is 0 Å². The van der Waals surface area contributed by atoms with E-state index < -0.39 is 0 Å². The third-order valence-electron chi connectivity index (χ3n) is 12.7. The molecule has 0 spiro atoms. The zero-order chi connectivity index (χ0) is 26.5. The van der Waals surface area contributed by atoms with Gasteiger partial charge in [-0.05, 0) is 116 Å². The molecule has 0 radical (unpaired) electrons. The van der Waals surface area contributed by atoms with E-state index >= 15 is 0 Å². The van der Waals surface area contributed by atoms with Gasteiger partial charge in [-0.15, -0.1) is 0 Å². The second-order valence-electron chi connectivity index (χ2n) is 14.2. The molecule has 5 aliphatic rings. The van der Waals surface area contributed by atoms with Gasteiger partial charge in [-0.2, -0.15) is 0 Å². The molecule has 0 aromatic heterocycles. The minimum atomic E-state index is -0.288. The normalized spacial score (nSPS) is 47.1. The molecule has 6 nitrogen and oxygen atoms in total. The van der Waals surface area contributed by atoms with Crippen LogP contribution in [0, 0.1) is 52.3 Å². The van der Waals surface area contributed by atoms with Crippen molar-refractivity contribution in [2.45, 2.75) is 117 Å². The van der Waals surface area contributed by atoms with Crippen LogP contribution in [0.1, 0.15) is 98.3 Å². The van der Waals surface area contributed by atoms with Gasteiger partial charge in [0, 0.05) is 13.1 Å². The van der Waals surface area contributed by atoms with Crippen LogP contribution in [0.15, 0.2) is 0 Å². The number of amides is 1.